The van der Waals surface area contributed by atoms with E-state index in [0.29, 0.717) is 0 Å². The van der Waals surface area contributed by atoms with E-state index in [1.54, 1.807) is 0 Å². The van der Waals surface area contributed by atoms with Gasteiger partial charge in [0.05, 0.1) is 6.54 Å². The van der Waals surface area contributed by atoms with Gasteiger partial charge in [-0.05, 0) is 13.0 Å². The predicted octanol–water partition coefficient (Wildman–Crippen LogP) is -0.256. The van der Waals surface area contributed by atoms with Crippen molar-refractivity contribution >= 4 is 11.9 Å². The monoisotopic (exact) mass is 284 g/mol. The number of rotatable bonds is 5. The predicted molar refractivity (Wildman–Crippen MR) is 57.4 cm³/mol. The molecular weight excluding hydrogens is 269 g/mol. The Morgan fingerprint density at radius 1 is 1.53 bits per heavy atom. The van der Waals surface area contributed by atoms with Gasteiger partial charge < -0.3 is 20.5 Å². The minimum absolute atomic E-state index is 0.0829. The molecule has 1 aliphatic rings. The number of hydrogen-bond acceptors (Lipinski definition) is 4. The lowest BCUT2D eigenvalue weighted by molar-refractivity contribution is -0.216. The normalized spacial score (nSPS) is 25.1. The van der Waals surface area contributed by atoms with E-state index in [2.05, 4.69) is 10.1 Å². The van der Waals surface area contributed by atoms with Crippen LogP contribution in [0.1, 0.15) is 6.42 Å². The summed E-state index contributed by atoms with van der Waals surface area (Å²) in [7, 11) is 1.10. The molecule has 1 amide bonds. The van der Waals surface area contributed by atoms with Crippen LogP contribution in [0.5, 0.6) is 0 Å². The molecule has 1 saturated heterocycles. The largest absolute Gasteiger partial charge is 0.479 e. The molecule has 0 spiro atoms. The first kappa shape index (κ1) is 15.7. The molecule has 1 aliphatic heterocycles. The molecule has 9 heteroatoms. The summed E-state index contributed by atoms with van der Waals surface area (Å²) >= 11 is 0. The summed E-state index contributed by atoms with van der Waals surface area (Å²) < 4.78 is 43.5. The van der Waals surface area contributed by atoms with Gasteiger partial charge >= 0.3 is 12.1 Å². The molecule has 1 fully saturated rings. The van der Waals surface area contributed by atoms with Crippen molar-refractivity contribution < 1.29 is 32.6 Å². The van der Waals surface area contributed by atoms with Crippen LogP contribution in [0, 0.1) is 5.41 Å². The number of ether oxygens (including phenoxy) is 1. The van der Waals surface area contributed by atoms with Gasteiger partial charge in [0.1, 0.15) is 0 Å². The molecule has 0 aromatic heterocycles. The van der Waals surface area contributed by atoms with Crippen LogP contribution in [0.3, 0.4) is 0 Å². The van der Waals surface area contributed by atoms with Crippen molar-refractivity contribution in [1.82, 2.24) is 10.6 Å². The highest BCUT2D eigenvalue weighted by Gasteiger charge is 2.61. The summed E-state index contributed by atoms with van der Waals surface area (Å²) in [6.07, 6.45) is -6.43. The van der Waals surface area contributed by atoms with Crippen LogP contribution >= 0.6 is 0 Å². The first-order chi connectivity index (χ1) is 8.74. The number of methoxy groups -OCH3 is 1. The first-order valence-corrected chi connectivity index (χ1v) is 5.56. The number of carboxylic acids is 1. The highest BCUT2D eigenvalue weighted by atomic mass is 19.4. The number of alkyl halides is 3. The van der Waals surface area contributed by atoms with Crippen LogP contribution in [-0.2, 0) is 14.3 Å². The van der Waals surface area contributed by atoms with Crippen molar-refractivity contribution in [2.45, 2.75) is 18.7 Å². The third-order valence-corrected chi connectivity index (χ3v) is 3.14. The summed E-state index contributed by atoms with van der Waals surface area (Å²) in [4.78, 5) is 22.4. The molecule has 2 unspecified atom stereocenters. The second-order valence-corrected chi connectivity index (χ2v) is 4.28. The van der Waals surface area contributed by atoms with Crippen LogP contribution in [0.25, 0.3) is 0 Å². The SMILES string of the molecule is COC(CNC(=O)C1(C(F)(F)F)CCNC1)C(=O)O. The van der Waals surface area contributed by atoms with Gasteiger partial charge in [0.25, 0.3) is 0 Å². The Morgan fingerprint density at radius 2 is 2.16 bits per heavy atom. The maximum atomic E-state index is 13.0. The quantitative estimate of drug-likeness (QED) is 0.647. The van der Waals surface area contributed by atoms with E-state index < -0.39 is 42.7 Å². The number of nitrogens with one attached hydrogen (secondary N) is 2. The van der Waals surface area contributed by atoms with Crippen molar-refractivity contribution in [3.8, 4) is 0 Å². The number of carboxylic acid groups (broad SMARTS) is 1. The summed E-state index contributed by atoms with van der Waals surface area (Å²) in [5.41, 5.74) is -2.50. The Balaban J connectivity index is 2.72. The van der Waals surface area contributed by atoms with Gasteiger partial charge in [0.15, 0.2) is 11.5 Å². The fourth-order valence-electron chi connectivity index (χ4n) is 1.88. The second kappa shape index (κ2) is 5.74. The second-order valence-electron chi connectivity index (χ2n) is 4.28. The molecule has 0 aromatic carbocycles. The molecule has 2 atom stereocenters. The molecule has 1 rings (SSSR count). The molecule has 0 radical (unpaired) electrons. The van der Waals surface area contributed by atoms with Gasteiger partial charge in [-0.3, -0.25) is 4.79 Å². The first-order valence-electron chi connectivity index (χ1n) is 5.56. The molecular formula is C10H15F3N2O4. The summed E-state index contributed by atoms with van der Waals surface area (Å²) in [6, 6.07) is 0. The Morgan fingerprint density at radius 3 is 2.53 bits per heavy atom. The minimum atomic E-state index is -4.69. The van der Waals surface area contributed by atoms with E-state index in [1.807, 2.05) is 5.32 Å². The van der Waals surface area contributed by atoms with E-state index >= 15 is 0 Å². The van der Waals surface area contributed by atoms with Crippen LogP contribution in [-0.4, -0.2) is 56.0 Å². The lowest BCUT2D eigenvalue weighted by Crippen LogP contribution is -2.54. The minimum Gasteiger partial charge on any atom is -0.479 e. The maximum absolute atomic E-state index is 13.0. The van der Waals surface area contributed by atoms with Crippen molar-refractivity contribution in [2.24, 2.45) is 5.41 Å². The summed E-state index contributed by atoms with van der Waals surface area (Å²) in [6.45, 7) is -0.935. The third-order valence-electron chi connectivity index (χ3n) is 3.14. The number of carbonyl (C=O) groups excluding carboxylic acids is 1. The molecule has 0 bridgehead atoms. The van der Waals surface area contributed by atoms with Crippen LogP contribution in [0.4, 0.5) is 13.2 Å². The molecule has 0 saturated carbocycles. The van der Waals surface area contributed by atoms with Gasteiger partial charge in [0, 0.05) is 13.7 Å². The zero-order chi connectivity index (χ0) is 14.7. The molecule has 19 heavy (non-hydrogen) atoms. The van der Waals surface area contributed by atoms with E-state index in [9.17, 15) is 22.8 Å². The molecule has 3 N–H and O–H groups in total. The molecule has 0 aliphatic carbocycles. The van der Waals surface area contributed by atoms with Crippen molar-refractivity contribution in [1.29, 1.82) is 0 Å². The number of hydrogen-bond donors (Lipinski definition) is 3. The van der Waals surface area contributed by atoms with Crippen molar-refractivity contribution in [3.63, 3.8) is 0 Å². The number of halogens is 3. The fourth-order valence-corrected chi connectivity index (χ4v) is 1.88. The molecule has 0 aromatic rings. The smallest absolute Gasteiger partial charge is 0.404 e. The Bertz CT molecular complexity index is 353. The zero-order valence-electron chi connectivity index (χ0n) is 10.2. The molecule has 1 heterocycles. The third kappa shape index (κ3) is 3.16. The number of carbonyl (C=O) groups is 2. The maximum Gasteiger partial charge on any atom is 0.404 e. The Labute approximate surface area is 107 Å². The van der Waals surface area contributed by atoms with E-state index in [4.69, 9.17) is 5.11 Å². The average molecular weight is 284 g/mol. The summed E-state index contributed by atoms with van der Waals surface area (Å²) in [5.74, 6) is -2.58. The van der Waals surface area contributed by atoms with Crippen LogP contribution < -0.4 is 10.6 Å². The van der Waals surface area contributed by atoms with Crippen molar-refractivity contribution in [2.75, 3.05) is 26.7 Å². The zero-order valence-corrected chi connectivity index (χ0v) is 10.2. The van der Waals surface area contributed by atoms with E-state index in [0.717, 1.165) is 7.11 Å². The lowest BCUT2D eigenvalue weighted by Gasteiger charge is -2.29. The van der Waals surface area contributed by atoms with Gasteiger partial charge in [-0.15, -0.1) is 0 Å². The van der Waals surface area contributed by atoms with Crippen molar-refractivity contribution in [3.05, 3.63) is 0 Å². The van der Waals surface area contributed by atoms with Gasteiger partial charge in [-0.1, -0.05) is 0 Å². The highest BCUT2D eigenvalue weighted by molar-refractivity contribution is 5.85. The average Bonchev–Trinajstić information content (AvgIpc) is 2.78. The standard InChI is InChI=1S/C10H15F3N2O4/c1-19-6(7(16)17)4-15-8(18)9(10(11,12)13)2-3-14-5-9/h6,14H,2-5H2,1H3,(H,15,18)(H,16,17). The Hall–Kier alpha value is -1.35. The number of amides is 1. The van der Waals surface area contributed by atoms with Gasteiger partial charge in [-0.25, -0.2) is 4.79 Å². The van der Waals surface area contributed by atoms with Crippen LogP contribution in [0.15, 0.2) is 0 Å². The van der Waals surface area contributed by atoms with Crippen LogP contribution in [0.2, 0.25) is 0 Å². The highest BCUT2D eigenvalue weighted by Crippen LogP contribution is 2.43. The van der Waals surface area contributed by atoms with Gasteiger partial charge in [-0.2, -0.15) is 13.2 Å². The fraction of sp³-hybridized carbons (Fsp3) is 0.800. The molecule has 110 valence electrons. The van der Waals surface area contributed by atoms with E-state index in [-0.39, 0.29) is 13.0 Å². The number of aliphatic carboxylic acids is 1. The topological polar surface area (TPSA) is 87.7 Å². The Kier molecular flexibility index (Phi) is 4.75. The van der Waals surface area contributed by atoms with E-state index in [1.165, 1.54) is 0 Å². The molecule has 6 nitrogen and oxygen atoms in total. The lowest BCUT2D eigenvalue weighted by atomic mass is 9.85. The summed E-state index contributed by atoms with van der Waals surface area (Å²) in [5, 5.41) is 13.2. The van der Waals surface area contributed by atoms with Gasteiger partial charge in [0.2, 0.25) is 5.91 Å².